The fourth-order valence-electron chi connectivity index (χ4n) is 1.63. The lowest BCUT2D eigenvalue weighted by Crippen LogP contribution is -2.28. The second kappa shape index (κ2) is 2.72. The monoisotopic (exact) mass is 204 g/mol. The van der Waals surface area contributed by atoms with Crippen molar-refractivity contribution in [2.45, 2.75) is 24.4 Å². The van der Waals surface area contributed by atoms with Gasteiger partial charge in [-0.1, -0.05) is 12.1 Å². The number of hydrogen-bond acceptors (Lipinski definition) is 0. The van der Waals surface area contributed by atoms with Crippen LogP contribution in [0.5, 0.6) is 0 Å². The highest BCUT2D eigenvalue weighted by atomic mass is 19.4. The maximum absolute atomic E-state index is 12.6. The summed E-state index contributed by atoms with van der Waals surface area (Å²) in [6.45, 7) is 0. The molecule has 1 fully saturated rings. The molecule has 1 aliphatic rings. The molecular weight excluding hydrogens is 196 g/mol. The molecule has 0 atom stereocenters. The first-order valence-corrected chi connectivity index (χ1v) is 4.28. The van der Waals surface area contributed by atoms with Gasteiger partial charge in [0.25, 0.3) is 0 Å². The van der Waals surface area contributed by atoms with E-state index in [1.165, 1.54) is 12.1 Å². The Kier molecular flexibility index (Phi) is 1.84. The van der Waals surface area contributed by atoms with Crippen LogP contribution in [0.3, 0.4) is 0 Å². The van der Waals surface area contributed by atoms with Gasteiger partial charge in [0, 0.05) is 0 Å². The van der Waals surface area contributed by atoms with E-state index in [2.05, 4.69) is 0 Å². The fraction of sp³-hybridized carbons (Fsp3) is 0.400. The van der Waals surface area contributed by atoms with Crippen molar-refractivity contribution in [1.82, 2.24) is 0 Å². The molecule has 2 rings (SSSR count). The molecule has 1 saturated carbocycles. The molecule has 76 valence electrons. The van der Waals surface area contributed by atoms with Crippen molar-refractivity contribution in [2.24, 2.45) is 0 Å². The van der Waals surface area contributed by atoms with Crippen molar-refractivity contribution in [3.8, 4) is 0 Å². The van der Waals surface area contributed by atoms with E-state index in [0.717, 1.165) is 12.1 Å². The van der Waals surface area contributed by atoms with E-state index >= 15 is 0 Å². The molecule has 0 bridgehead atoms. The largest absolute Gasteiger partial charge is 0.398 e. The minimum absolute atomic E-state index is 0.113. The molecular formula is C10H8F4. The van der Waals surface area contributed by atoms with E-state index in [4.69, 9.17) is 0 Å². The number of rotatable bonds is 1. The zero-order valence-electron chi connectivity index (χ0n) is 7.24. The van der Waals surface area contributed by atoms with Crippen molar-refractivity contribution >= 4 is 0 Å². The Balaban J connectivity index is 2.36. The summed E-state index contributed by atoms with van der Waals surface area (Å²) in [6.07, 6.45) is -3.99. The van der Waals surface area contributed by atoms with E-state index in [0.29, 0.717) is 0 Å². The van der Waals surface area contributed by atoms with Gasteiger partial charge >= 0.3 is 6.18 Å². The molecule has 0 unspecified atom stereocenters. The molecule has 14 heavy (non-hydrogen) atoms. The number of benzene rings is 1. The molecule has 0 aliphatic heterocycles. The van der Waals surface area contributed by atoms with Gasteiger partial charge in [-0.3, -0.25) is 0 Å². The first-order chi connectivity index (χ1) is 6.46. The molecule has 0 aromatic heterocycles. The van der Waals surface area contributed by atoms with Crippen LogP contribution < -0.4 is 0 Å². The van der Waals surface area contributed by atoms with Gasteiger partial charge in [-0.05, 0) is 30.5 Å². The van der Waals surface area contributed by atoms with Crippen LogP contribution in [0, 0.1) is 5.82 Å². The standard InChI is InChI=1S/C10H8F4/c11-8-3-1-7(2-4-8)9(5-6-9)10(12,13)14/h1-4H,5-6H2. The summed E-state index contributed by atoms with van der Waals surface area (Å²) in [4.78, 5) is 0. The summed E-state index contributed by atoms with van der Waals surface area (Å²) in [7, 11) is 0. The van der Waals surface area contributed by atoms with Crippen molar-refractivity contribution in [3.05, 3.63) is 35.6 Å². The van der Waals surface area contributed by atoms with Crippen LogP contribution >= 0.6 is 0 Å². The quantitative estimate of drug-likeness (QED) is 0.615. The molecule has 0 radical (unpaired) electrons. The minimum atomic E-state index is -4.22. The van der Waals surface area contributed by atoms with Gasteiger partial charge in [-0.15, -0.1) is 0 Å². The van der Waals surface area contributed by atoms with Gasteiger partial charge in [0.2, 0.25) is 0 Å². The van der Waals surface area contributed by atoms with E-state index in [9.17, 15) is 17.6 Å². The van der Waals surface area contributed by atoms with Crippen LogP contribution in [-0.2, 0) is 5.41 Å². The fourth-order valence-corrected chi connectivity index (χ4v) is 1.63. The predicted molar refractivity (Wildman–Crippen MR) is 43.4 cm³/mol. The Morgan fingerprint density at radius 3 is 1.86 bits per heavy atom. The molecule has 1 aromatic rings. The molecule has 1 aliphatic carbocycles. The lowest BCUT2D eigenvalue weighted by molar-refractivity contribution is -0.160. The van der Waals surface area contributed by atoms with Gasteiger partial charge in [0.15, 0.2) is 0 Å². The number of hydrogen-bond donors (Lipinski definition) is 0. The van der Waals surface area contributed by atoms with Gasteiger partial charge < -0.3 is 0 Å². The molecule has 0 saturated heterocycles. The van der Waals surface area contributed by atoms with Crippen LogP contribution in [0.15, 0.2) is 24.3 Å². The maximum atomic E-state index is 12.6. The first-order valence-electron chi connectivity index (χ1n) is 4.28. The molecule has 1 aromatic carbocycles. The Hall–Kier alpha value is -1.06. The Morgan fingerprint density at radius 1 is 1.00 bits per heavy atom. The maximum Gasteiger partial charge on any atom is 0.398 e. The molecule has 0 spiro atoms. The van der Waals surface area contributed by atoms with E-state index in [1.54, 1.807) is 0 Å². The van der Waals surface area contributed by atoms with Crippen molar-refractivity contribution in [2.75, 3.05) is 0 Å². The highest BCUT2D eigenvalue weighted by molar-refractivity contribution is 5.33. The first kappa shape index (κ1) is 9.49. The number of alkyl halides is 3. The van der Waals surface area contributed by atoms with Gasteiger partial charge in [-0.2, -0.15) is 13.2 Å². The summed E-state index contributed by atoms with van der Waals surface area (Å²) in [6, 6.07) is 4.58. The summed E-state index contributed by atoms with van der Waals surface area (Å²) < 4.78 is 50.3. The molecule has 0 amide bonds. The summed E-state index contributed by atoms with van der Waals surface area (Å²) in [5, 5.41) is 0. The summed E-state index contributed by atoms with van der Waals surface area (Å²) in [5.41, 5.74) is -1.52. The van der Waals surface area contributed by atoms with Crippen molar-refractivity contribution in [3.63, 3.8) is 0 Å². The van der Waals surface area contributed by atoms with Crippen LogP contribution in [0.2, 0.25) is 0 Å². The smallest absolute Gasteiger partial charge is 0.207 e. The lowest BCUT2D eigenvalue weighted by Gasteiger charge is -2.19. The molecule has 0 N–H and O–H groups in total. The average Bonchev–Trinajstić information content (AvgIpc) is 2.84. The Bertz CT molecular complexity index is 332. The third kappa shape index (κ3) is 1.29. The number of halogens is 4. The van der Waals surface area contributed by atoms with Crippen LogP contribution in [-0.4, -0.2) is 6.18 Å². The van der Waals surface area contributed by atoms with Crippen LogP contribution in [0.1, 0.15) is 18.4 Å². The minimum Gasteiger partial charge on any atom is -0.207 e. The lowest BCUT2D eigenvalue weighted by atomic mass is 9.95. The second-order valence-electron chi connectivity index (χ2n) is 3.59. The van der Waals surface area contributed by atoms with Gasteiger partial charge in [0.05, 0.1) is 5.41 Å². The average molecular weight is 204 g/mol. The molecule has 0 heterocycles. The normalized spacial score (nSPS) is 19.4. The van der Waals surface area contributed by atoms with E-state index in [-0.39, 0.29) is 18.4 Å². The van der Waals surface area contributed by atoms with Crippen molar-refractivity contribution in [1.29, 1.82) is 0 Å². The molecule has 0 nitrogen and oxygen atoms in total. The van der Waals surface area contributed by atoms with E-state index in [1.807, 2.05) is 0 Å². The highest BCUT2D eigenvalue weighted by Crippen LogP contribution is 2.58. The van der Waals surface area contributed by atoms with Crippen LogP contribution in [0.25, 0.3) is 0 Å². The van der Waals surface area contributed by atoms with E-state index < -0.39 is 17.4 Å². The Labute approximate surface area is 78.5 Å². The third-order valence-electron chi connectivity index (χ3n) is 2.69. The van der Waals surface area contributed by atoms with Gasteiger partial charge in [0.1, 0.15) is 5.82 Å². The van der Waals surface area contributed by atoms with Gasteiger partial charge in [-0.25, -0.2) is 4.39 Å². The van der Waals surface area contributed by atoms with Crippen molar-refractivity contribution < 1.29 is 17.6 Å². The predicted octanol–water partition coefficient (Wildman–Crippen LogP) is 3.42. The van der Waals surface area contributed by atoms with Crippen LogP contribution in [0.4, 0.5) is 17.6 Å². The highest BCUT2D eigenvalue weighted by Gasteiger charge is 2.64. The molecule has 4 heteroatoms. The topological polar surface area (TPSA) is 0 Å². The third-order valence-corrected chi connectivity index (χ3v) is 2.69. The zero-order valence-corrected chi connectivity index (χ0v) is 7.24. The SMILES string of the molecule is Fc1ccc(C2(C(F)(F)F)CC2)cc1. The second-order valence-corrected chi connectivity index (χ2v) is 3.59. The Morgan fingerprint density at radius 2 is 1.50 bits per heavy atom. The summed E-state index contributed by atoms with van der Waals surface area (Å²) in [5.74, 6) is -0.508. The zero-order chi connectivity index (χ0) is 10.4. The summed E-state index contributed by atoms with van der Waals surface area (Å²) >= 11 is 0.